The number of nitrogens with zero attached hydrogens (tertiary/aromatic N) is 1. The lowest BCUT2D eigenvalue weighted by molar-refractivity contribution is 0.0698. The molecule has 0 fully saturated rings. The van der Waals surface area contributed by atoms with Gasteiger partial charge in [0.2, 0.25) is 0 Å². The van der Waals surface area contributed by atoms with Crippen molar-refractivity contribution in [3.63, 3.8) is 0 Å². The zero-order valence-electron chi connectivity index (χ0n) is 11.4. The third-order valence-electron chi connectivity index (χ3n) is 3.47. The number of aromatic carboxylic acids is 1. The van der Waals surface area contributed by atoms with Crippen LogP contribution >= 0.6 is 0 Å². The van der Waals surface area contributed by atoms with Crippen molar-refractivity contribution in [3.8, 4) is 0 Å². The Balaban J connectivity index is 2.69. The van der Waals surface area contributed by atoms with Crippen LogP contribution in [0, 0.1) is 6.92 Å². The Kier molecular flexibility index (Phi) is 3.90. The Morgan fingerprint density at radius 3 is 2.74 bits per heavy atom. The van der Waals surface area contributed by atoms with E-state index in [-0.39, 0.29) is 0 Å². The minimum atomic E-state index is -0.868. The maximum atomic E-state index is 11.5. The van der Waals surface area contributed by atoms with E-state index < -0.39 is 5.97 Å². The second-order valence-corrected chi connectivity index (χ2v) is 4.85. The Labute approximate surface area is 112 Å². The standard InChI is InChI=1S/C15H20N2O2/c1-3-11-7-12-10(2)9-17(6-4-5-16)14(12)13(8-11)15(18)19/h7-9H,3-6,16H2,1-2H3,(H,18,19). The number of rotatable bonds is 5. The molecule has 0 aliphatic carbocycles. The van der Waals surface area contributed by atoms with E-state index in [0.717, 1.165) is 41.4 Å². The number of carboxylic acid groups (broad SMARTS) is 1. The lowest BCUT2D eigenvalue weighted by Crippen LogP contribution is -2.07. The third kappa shape index (κ3) is 2.49. The number of fused-ring (bicyclic) bond motifs is 1. The molecule has 1 aromatic carbocycles. The second kappa shape index (κ2) is 5.45. The van der Waals surface area contributed by atoms with Crippen LogP contribution in [0.4, 0.5) is 0 Å². The van der Waals surface area contributed by atoms with Crippen LogP contribution < -0.4 is 5.73 Å². The fraction of sp³-hybridized carbons (Fsp3) is 0.400. The van der Waals surface area contributed by atoms with Crippen molar-refractivity contribution < 1.29 is 9.90 Å². The molecule has 102 valence electrons. The van der Waals surface area contributed by atoms with Gasteiger partial charge in [-0.2, -0.15) is 0 Å². The third-order valence-corrected chi connectivity index (χ3v) is 3.47. The highest BCUT2D eigenvalue weighted by Gasteiger charge is 2.16. The maximum Gasteiger partial charge on any atom is 0.337 e. The van der Waals surface area contributed by atoms with Crippen molar-refractivity contribution in [3.05, 3.63) is 35.0 Å². The average Bonchev–Trinajstić information content (AvgIpc) is 2.72. The highest BCUT2D eigenvalue weighted by Crippen LogP contribution is 2.27. The number of benzene rings is 1. The van der Waals surface area contributed by atoms with Gasteiger partial charge in [-0.25, -0.2) is 4.79 Å². The first-order valence-corrected chi connectivity index (χ1v) is 6.64. The first-order valence-electron chi connectivity index (χ1n) is 6.64. The topological polar surface area (TPSA) is 68.2 Å². The van der Waals surface area contributed by atoms with Gasteiger partial charge < -0.3 is 15.4 Å². The van der Waals surface area contributed by atoms with Gasteiger partial charge in [0, 0.05) is 18.1 Å². The highest BCUT2D eigenvalue weighted by molar-refractivity contribution is 6.03. The smallest absolute Gasteiger partial charge is 0.337 e. The van der Waals surface area contributed by atoms with Crippen LogP contribution in [0.1, 0.15) is 34.8 Å². The highest BCUT2D eigenvalue weighted by atomic mass is 16.4. The summed E-state index contributed by atoms with van der Waals surface area (Å²) in [4.78, 5) is 11.5. The molecule has 19 heavy (non-hydrogen) atoms. The number of carboxylic acids is 1. The summed E-state index contributed by atoms with van der Waals surface area (Å²) in [6.07, 6.45) is 3.70. The molecule has 1 aromatic heterocycles. The van der Waals surface area contributed by atoms with Gasteiger partial charge in [0.05, 0.1) is 11.1 Å². The molecule has 0 spiro atoms. The quantitative estimate of drug-likeness (QED) is 0.868. The van der Waals surface area contributed by atoms with Gasteiger partial charge in [-0.05, 0) is 49.6 Å². The predicted molar refractivity (Wildman–Crippen MR) is 76.7 cm³/mol. The molecule has 0 saturated heterocycles. The molecule has 0 radical (unpaired) electrons. The van der Waals surface area contributed by atoms with Crippen LogP contribution in [-0.2, 0) is 13.0 Å². The SMILES string of the molecule is CCc1cc(C(=O)O)c2c(c1)c(C)cn2CCCN. The number of nitrogens with two attached hydrogens (primary N) is 1. The largest absolute Gasteiger partial charge is 0.478 e. The van der Waals surface area contributed by atoms with Crippen molar-refractivity contribution in [1.29, 1.82) is 0 Å². The fourth-order valence-electron chi connectivity index (χ4n) is 2.48. The van der Waals surface area contributed by atoms with Gasteiger partial charge in [0.1, 0.15) is 0 Å². The van der Waals surface area contributed by atoms with Crippen molar-refractivity contribution in [2.24, 2.45) is 5.73 Å². The molecule has 2 aromatic rings. The predicted octanol–water partition coefficient (Wildman–Crippen LogP) is 2.56. The summed E-state index contributed by atoms with van der Waals surface area (Å²) in [6.45, 7) is 5.42. The monoisotopic (exact) mass is 260 g/mol. The maximum absolute atomic E-state index is 11.5. The molecule has 4 nitrogen and oxygen atoms in total. The first kappa shape index (κ1) is 13.6. The number of aryl methyl sites for hydroxylation is 3. The molecule has 0 unspecified atom stereocenters. The molecular formula is C15H20N2O2. The summed E-state index contributed by atoms with van der Waals surface area (Å²) in [5.74, 6) is -0.868. The molecule has 1 heterocycles. The lowest BCUT2D eigenvalue weighted by atomic mass is 10.0. The molecule has 0 amide bonds. The van der Waals surface area contributed by atoms with Gasteiger partial charge in [-0.15, -0.1) is 0 Å². The van der Waals surface area contributed by atoms with Crippen molar-refractivity contribution in [2.75, 3.05) is 6.54 Å². The molecule has 0 aliphatic rings. The lowest BCUT2D eigenvalue weighted by Gasteiger charge is -2.08. The Morgan fingerprint density at radius 1 is 1.42 bits per heavy atom. The molecule has 0 bridgehead atoms. The Bertz CT molecular complexity index is 614. The van der Waals surface area contributed by atoms with Crippen LogP contribution in [0.15, 0.2) is 18.3 Å². The van der Waals surface area contributed by atoms with E-state index in [0.29, 0.717) is 12.1 Å². The number of carbonyl (C=O) groups is 1. The average molecular weight is 260 g/mol. The van der Waals surface area contributed by atoms with E-state index in [2.05, 4.69) is 6.07 Å². The van der Waals surface area contributed by atoms with Crippen LogP contribution in [0.3, 0.4) is 0 Å². The van der Waals surface area contributed by atoms with Crippen LogP contribution in [0.25, 0.3) is 10.9 Å². The van der Waals surface area contributed by atoms with Gasteiger partial charge in [-0.1, -0.05) is 6.92 Å². The van der Waals surface area contributed by atoms with E-state index in [9.17, 15) is 9.90 Å². The van der Waals surface area contributed by atoms with E-state index in [1.165, 1.54) is 0 Å². The van der Waals surface area contributed by atoms with E-state index in [4.69, 9.17) is 5.73 Å². The first-order chi connectivity index (χ1) is 9.08. The zero-order chi connectivity index (χ0) is 14.0. The summed E-state index contributed by atoms with van der Waals surface area (Å²) in [5, 5.41) is 10.5. The van der Waals surface area contributed by atoms with Gasteiger partial charge in [-0.3, -0.25) is 0 Å². The van der Waals surface area contributed by atoms with Crippen LogP contribution in [0.5, 0.6) is 0 Å². The summed E-state index contributed by atoms with van der Waals surface area (Å²) >= 11 is 0. The van der Waals surface area contributed by atoms with Crippen LogP contribution in [0.2, 0.25) is 0 Å². The van der Waals surface area contributed by atoms with Crippen molar-refractivity contribution >= 4 is 16.9 Å². The normalized spacial score (nSPS) is 11.1. The summed E-state index contributed by atoms with van der Waals surface area (Å²) in [7, 11) is 0. The number of aromatic nitrogens is 1. The van der Waals surface area contributed by atoms with E-state index in [1.807, 2.05) is 24.6 Å². The van der Waals surface area contributed by atoms with E-state index in [1.54, 1.807) is 6.07 Å². The molecule has 2 rings (SSSR count). The minimum absolute atomic E-state index is 0.388. The summed E-state index contributed by atoms with van der Waals surface area (Å²) in [6, 6.07) is 3.87. The molecular weight excluding hydrogens is 240 g/mol. The van der Waals surface area contributed by atoms with E-state index >= 15 is 0 Å². The molecule has 0 saturated carbocycles. The fourth-order valence-corrected chi connectivity index (χ4v) is 2.48. The summed E-state index contributed by atoms with van der Waals surface area (Å²) in [5.41, 5.74) is 8.92. The van der Waals surface area contributed by atoms with Gasteiger partial charge >= 0.3 is 5.97 Å². The molecule has 4 heteroatoms. The molecule has 0 aliphatic heterocycles. The zero-order valence-corrected chi connectivity index (χ0v) is 11.4. The van der Waals surface area contributed by atoms with Crippen molar-refractivity contribution in [2.45, 2.75) is 33.2 Å². The van der Waals surface area contributed by atoms with Crippen molar-refractivity contribution in [1.82, 2.24) is 4.57 Å². The van der Waals surface area contributed by atoms with Gasteiger partial charge in [0.15, 0.2) is 0 Å². The Hall–Kier alpha value is -1.81. The molecule has 0 atom stereocenters. The summed E-state index contributed by atoms with van der Waals surface area (Å²) < 4.78 is 2.01. The second-order valence-electron chi connectivity index (χ2n) is 4.85. The Morgan fingerprint density at radius 2 is 2.16 bits per heavy atom. The molecule has 3 N–H and O–H groups in total. The number of hydrogen-bond acceptors (Lipinski definition) is 2. The number of hydrogen-bond donors (Lipinski definition) is 2. The minimum Gasteiger partial charge on any atom is -0.478 e. The van der Waals surface area contributed by atoms with Gasteiger partial charge in [0.25, 0.3) is 0 Å². The van der Waals surface area contributed by atoms with Crippen LogP contribution in [-0.4, -0.2) is 22.2 Å².